The van der Waals surface area contributed by atoms with Gasteiger partial charge < -0.3 is 0 Å². The lowest BCUT2D eigenvalue weighted by molar-refractivity contribution is 0.780. The van der Waals surface area contributed by atoms with Crippen molar-refractivity contribution in [2.75, 3.05) is 0 Å². The highest BCUT2D eigenvalue weighted by Crippen LogP contribution is 1.99. The van der Waals surface area contributed by atoms with Gasteiger partial charge in [0.25, 0.3) is 0 Å². The minimum atomic E-state index is 0.706. The molecule has 0 aromatic carbocycles. The third-order valence-electron chi connectivity index (χ3n) is 0.881. The fourth-order valence-corrected chi connectivity index (χ4v) is 0.444. The molecule has 0 unspecified atom stereocenters. The van der Waals surface area contributed by atoms with E-state index < -0.39 is 0 Å². The first kappa shape index (κ1) is 7.74. The van der Waals surface area contributed by atoms with Crippen LogP contribution in [0.15, 0.2) is 12.2 Å². The predicted molar refractivity (Wildman–Crippen MR) is 38.8 cm³/mol. The molecule has 0 aromatic heterocycles. The fourth-order valence-electron chi connectivity index (χ4n) is 0.444. The molecule has 0 aliphatic rings. The van der Waals surface area contributed by atoms with Gasteiger partial charge in [-0.3, -0.25) is 0 Å². The molecule has 0 heterocycles. The van der Waals surface area contributed by atoms with Crippen LogP contribution in [0.25, 0.3) is 0 Å². The standard InChI is InChI=1S/C8H16/c1-7(2)5-6-8(3)4/h5-8H,1-4H3/b6-5-. The van der Waals surface area contributed by atoms with Gasteiger partial charge in [0.2, 0.25) is 0 Å². The molecular formula is C8H16. The summed E-state index contributed by atoms with van der Waals surface area (Å²) in [6.45, 7) is 8.77. The van der Waals surface area contributed by atoms with Crippen LogP contribution in [0.3, 0.4) is 0 Å². The van der Waals surface area contributed by atoms with Crippen molar-refractivity contribution in [3.8, 4) is 0 Å². The molecule has 0 bridgehead atoms. The highest BCUT2D eigenvalue weighted by atomic mass is 13.9. The van der Waals surface area contributed by atoms with Gasteiger partial charge in [0.15, 0.2) is 0 Å². The second-order valence-corrected chi connectivity index (χ2v) is 2.87. The van der Waals surface area contributed by atoms with Crippen molar-refractivity contribution in [3.63, 3.8) is 0 Å². The summed E-state index contributed by atoms with van der Waals surface area (Å²) < 4.78 is 0. The van der Waals surface area contributed by atoms with E-state index in [9.17, 15) is 0 Å². The van der Waals surface area contributed by atoms with Crippen LogP contribution in [0.1, 0.15) is 27.7 Å². The number of allylic oxidation sites excluding steroid dienone is 2. The van der Waals surface area contributed by atoms with E-state index in [-0.39, 0.29) is 0 Å². The summed E-state index contributed by atoms with van der Waals surface area (Å²) in [5, 5.41) is 0. The molecule has 8 heavy (non-hydrogen) atoms. The molecule has 0 fully saturated rings. The quantitative estimate of drug-likeness (QED) is 0.482. The van der Waals surface area contributed by atoms with Crippen molar-refractivity contribution >= 4 is 0 Å². The molecular weight excluding hydrogens is 96.1 g/mol. The zero-order chi connectivity index (χ0) is 6.57. The van der Waals surface area contributed by atoms with Crippen molar-refractivity contribution in [2.45, 2.75) is 27.7 Å². The van der Waals surface area contributed by atoms with Gasteiger partial charge in [-0.25, -0.2) is 0 Å². The van der Waals surface area contributed by atoms with Crippen molar-refractivity contribution in [3.05, 3.63) is 12.2 Å². The Bertz CT molecular complexity index is 58.1. The van der Waals surface area contributed by atoms with Crippen molar-refractivity contribution in [2.24, 2.45) is 11.8 Å². The second-order valence-electron chi connectivity index (χ2n) is 2.87. The van der Waals surface area contributed by atoms with E-state index in [0.29, 0.717) is 11.8 Å². The average Bonchev–Trinajstić information content (AvgIpc) is 1.61. The molecule has 0 aliphatic heterocycles. The Morgan fingerprint density at radius 2 is 1.00 bits per heavy atom. The van der Waals surface area contributed by atoms with E-state index >= 15 is 0 Å². The van der Waals surface area contributed by atoms with Gasteiger partial charge in [0, 0.05) is 0 Å². The molecule has 0 amide bonds. The molecule has 0 rings (SSSR count). The monoisotopic (exact) mass is 112 g/mol. The van der Waals surface area contributed by atoms with Crippen LogP contribution in [0.5, 0.6) is 0 Å². The first-order valence-electron chi connectivity index (χ1n) is 3.31. The maximum Gasteiger partial charge on any atom is -0.0290 e. The van der Waals surface area contributed by atoms with Crippen LogP contribution in [-0.4, -0.2) is 0 Å². The third-order valence-corrected chi connectivity index (χ3v) is 0.881. The lowest BCUT2D eigenvalue weighted by Gasteiger charge is -1.95. The molecule has 0 atom stereocenters. The number of hydrogen-bond acceptors (Lipinski definition) is 0. The van der Waals surface area contributed by atoms with E-state index in [1.165, 1.54) is 0 Å². The van der Waals surface area contributed by atoms with E-state index in [0.717, 1.165) is 0 Å². The molecule has 0 nitrogen and oxygen atoms in total. The van der Waals surface area contributed by atoms with Crippen molar-refractivity contribution in [1.29, 1.82) is 0 Å². The minimum Gasteiger partial charge on any atom is -0.0857 e. The fraction of sp³-hybridized carbons (Fsp3) is 0.750. The Labute approximate surface area is 52.6 Å². The van der Waals surface area contributed by atoms with Gasteiger partial charge in [-0.2, -0.15) is 0 Å². The van der Waals surface area contributed by atoms with Crippen LogP contribution < -0.4 is 0 Å². The summed E-state index contributed by atoms with van der Waals surface area (Å²) in [4.78, 5) is 0. The van der Waals surface area contributed by atoms with Crippen molar-refractivity contribution in [1.82, 2.24) is 0 Å². The Kier molecular flexibility index (Phi) is 3.59. The molecule has 0 aliphatic carbocycles. The lowest BCUT2D eigenvalue weighted by atomic mass is 10.1. The van der Waals surface area contributed by atoms with Gasteiger partial charge in [-0.05, 0) is 11.8 Å². The molecule has 0 aromatic rings. The van der Waals surface area contributed by atoms with E-state index in [2.05, 4.69) is 39.8 Å². The van der Waals surface area contributed by atoms with Crippen LogP contribution in [0.4, 0.5) is 0 Å². The summed E-state index contributed by atoms with van der Waals surface area (Å²) in [5.41, 5.74) is 0. The summed E-state index contributed by atoms with van der Waals surface area (Å²) >= 11 is 0. The van der Waals surface area contributed by atoms with Crippen molar-refractivity contribution < 1.29 is 0 Å². The minimum absolute atomic E-state index is 0.706. The topological polar surface area (TPSA) is 0 Å². The molecule has 0 saturated heterocycles. The van der Waals surface area contributed by atoms with Gasteiger partial charge in [-0.1, -0.05) is 39.8 Å². The molecule has 0 N–H and O–H groups in total. The maximum absolute atomic E-state index is 2.24. The average molecular weight is 112 g/mol. The zero-order valence-electron chi connectivity index (χ0n) is 6.31. The Morgan fingerprint density at radius 3 is 1.12 bits per heavy atom. The molecule has 0 heteroatoms. The van der Waals surface area contributed by atoms with E-state index in [1.54, 1.807) is 0 Å². The van der Waals surface area contributed by atoms with Gasteiger partial charge in [0.05, 0.1) is 0 Å². The zero-order valence-corrected chi connectivity index (χ0v) is 6.31. The summed E-state index contributed by atoms with van der Waals surface area (Å²) in [5.74, 6) is 1.41. The second kappa shape index (κ2) is 3.71. The van der Waals surface area contributed by atoms with Crippen LogP contribution in [0, 0.1) is 11.8 Å². The maximum atomic E-state index is 2.24. The molecule has 0 radical (unpaired) electrons. The summed E-state index contributed by atoms with van der Waals surface area (Å²) in [7, 11) is 0. The third kappa shape index (κ3) is 5.74. The number of rotatable bonds is 2. The van der Waals surface area contributed by atoms with Gasteiger partial charge in [-0.15, -0.1) is 0 Å². The van der Waals surface area contributed by atoms with Crippen LogP contribution >= 0.6 is 0 Å². The largest absolute Gasteiger partial charge is 0.0857 e. The number of hydrogen-bond donors (Lipinski definition) is 0. The van der Waals surface area contributed by atoms with Crippen LogP contribution in [-0.2, 0) is 0 Å². The molecule has 0 saturated carbocycles. The summed E-state index contributed by atoms with van der Waals surface area (Å²) in [6.07, 6.45) is 4.48. The Morgan fingerprint density at radius 1 is 0.750 bits per heavy atom. The molecule has 0 spiro atoms. The first-order chi connectivity index (χ1) is 3.63. The SMILES string of the molecule is CC(C)/C=C\C(C)C. The smallest absolute Gasteiger partial charge is 0.0290 e. The van der Waals surface area contributed by atoms with Crippen LogP contribution in [0.2, 0.25) is 0 Å². The first-order valence-corrected chi connectivity index (χ1v) is 3.31. The lowest BCUT2D eigenvalue weighted by Crippen LogP contribution is -1.81. The van der Waals surface area contributed by atoms with Gasteiger partial charge >= 0.3 is 0 Å². The Balaban J connectivity index is 3.34. The predicted octanol–water partition coefficient (Wildman–Crippen LogP) is 2.85. The van der Waals surface area contributed by atoms with E-state index in [4.69, 9.17) is 0 Å². The highest BCUT2D eigenvalue weighted by Gasteiger charge is 1.85. The van der Waals surface area contributed by atoms with Gasteiger partial charge in [0.1, 0.15) is 0 Å². The van der Waals surface area contributed by atoms with E-state index in [1.807, 2.05) is 0 Å². The Hall–Kier alpha value is -0.260. The molecule has 48 valence electrons. The highest BCUT2D eigenvalue weighted by molar-refractivity contribution is 4.86. The normalized spacial score (nSPS) is 12.2. The summed E-state index contributed by atoms with van der Waals surface area (Å²) in [6, 6.07) is 0.